The van der Waals surface area contributed by atoms with Crippen LogP contribution in [0.5, 0.6) is 0 Å². The molecule has 188 valence electrons. The number of nitrogens with zero attached hydrogens (tertiary/aromatic N) is 2. The van der Waals surface area contributed by atoms with Gasteiger partial charge in [-0.2, -0.15) is 0 Å². The lowest BCUT2D eigenvalue weighted by molar-refractivity contribution is 0.0928. The molecule has 7 nitrogen and oxygen atoms in total. The largest absolute Gasteiger partial charge is 0.352 e. The van der Waals surface area contributed by atoms with Crippen LogP contribution in [0.25, 0.3) is 0 Å². The van der Waals surface area contributed by atoms with Crippen LogP contribution in [0.4, 0.5) is 0 Å². The number of hydrogen-bond acceptors (Lipinski definition) is 4. The zero-order valence-electron chi connectivity index (χ0n) is 20.6. The molecule has 1 aliphatic rings. The highest BCUT2D eigenvalue weighted by Gasteiger charge is 2.22. The zero-order valence-corrected chi connectivity index (χ0v) is 20.6. The van der Waals surface area contributed by atoms with Crippen molar-refractivity contribution >= 4 is 11.8 Å². The summed E-state index contributed by atoms with van der Waals surface area (Å²) in [5.74, 6) is -0.898. The average Bonchev–Trinajstić information content (AvgIpc) is 2.87. The van der Waals surface area contributed by atoms with Crippen molar-refractivity contribution in [2.45, 2.75) is 64.0 Å². The fraction of sp³-hybridized carbons (Fsp3) is 0.379. The lowest BCUT2D eigenvalue weighted by Crippen LogP contribution is -2.40. The van der Waals surface area contributed by atoms with Gasteiger partial charge in [0.05, 0.1) is 12.2 Å². The molecular formula is C29H34N4O3. The van der Waals surface area contributed by atoms with E-state index in [1.807, 2.05) is 48.5 Å². The van der Waals surface area contributed by atoms with E-state index >= 15 is 0 Å². The van der Waals surface area contributed by atoms with E-state index in [1.54, 1.807) is 10.8 Å². The van der Waals surface area contributed by atoms with Gasteiger partial charge in [0.15, 0.2) is 0 Å². The highest BCUT2D eigenvalue weighted by Crippen LogP contribution is 2.17. The van der Waals surface area contributed by atoms with Crippen LogP contribution in [0.2, 0.25) is 0 Å². The molecule has 2 heterocycles. The Balaban J connectivity index is 1.55. The monoisotopic (exact) mass is 486 g/mol. The van der Waals surface area contributed by atoms with E-state index in [4.69, 9.17) is 0 Å². The van der Waals surface area contributed by atoms with Crippen molar-refractivity contribution in [2.75, 3.05) is 6.54 Å². The first-order valence-corrected chi connectivity index (χ1v) is 12.9. The molecule has 0 bridgehead atoms. The van der Waals surface area contributed by atoms with Crippen molar-refractivity contribution in [3.63, 3.8) is 0 Å². The van der Waals surface area contributed by atoms with Gasteiger partial charge in [0, 0.05) is 31.2 Å². The van der Waals surface area contributed by atoms with Gasteiger partial charge in [-0.05, 0) is 37.0 Å². The van der Waals surface area contributed by atoms with Crippen molar-refractivity contribution in [3.8, 4) is 0 Å². The summed E-state index contributed by atoms with van der Waals surface area (Å²) in [5.41, 5.74) is 1.27. The average molecular weight is 487 g/mol. The van der Waals surface area contributed by atoms with Gasteiger partial charge >= 0.3 is 0 Å². The minimum absolute atomic E-state index is 0.0105. The third kappa shape index (κ3) is 7.13. The number of rotatable bonds is 8. The molecule has 4 rings (SSSR count). The van der Waals surface area contributed by atoms with E-state index in [0.29, 0.717) is 19.5 Å². The summed E-state index contributed by atoms with van der Waals surface area (Å²) < 4.78 is 1.70. The second-order valence-corrected chi connectivity index (χ2v) is 9.42. The standard InChI is InChI=1S/C29H34N4O3/c34-27-25(28(35)31-18-16-22-11-5-4-6-12-22)20-33(19-24-15-9-10-17-30-24)21-26(27)29(36)32-23-13-7-2-1-3-8-14-23/h4-6,9-12,15,17,20-21,23H,1-3,7-8,13-14,16,18-19H2,(H,31,35)(H,32,36). The molecule has 0 spiro atoms. The number of hydrogen-bond donors (Lipinski definition) is 2. The topological polar surface area (TPSA) is 93.1 Å². The fourth-order valence-electron chi connectivity index (χ4n) is 4.65. The van der Waals surface area contributed by atoms with Crippen molar-refractivity contribution < 1.29 is 9.59 Å². The Labute approximate surface area is 212 Å². The predicted octanol–water partition coefficient (Wildman–Crippen LogP) is 4.11. The summed E-state index contributed by atoms with van der Waals surface area (Å²) in [6.45, 7) is 0.732. The summed E-state index contributed by atoms with van der Waals surface area (Å²) in [4.78, 5) is 43.9. The second-order valence-electron chi connectivity index (χ2n) is 9.42. The van der Waals surface area contributed by atoms with Crippen LogP contribution < -0.4 is 16.1 Å². The van der Waals surface area contributed by atoms with Gasteiger partial charge in [-0.25, -0.2) is 0 Å². The quantitative estimate of drug-likeness (QED) is 0.501. The van der Waals surface area contributed by atoms with Crippen LogP contribution in [0.1, 0.15) is 76.9 Å². The molecule has 2 aromatic heterocycles. The van der Waals surface area contributed by atoms with Crippen molar-refractivity contribution in [1.29, 1.82) is 0 Å². The maximum Gasteiger partial charge on any atom is 0.256 e. The Bertz CT molecular complexity index is 1200. The lowest BCUT2D eigenvalue weighted by atomic mass is 9.96. The van der Waals surface area contributed by atoms with Crippen LogP contribution in [0, 0.1) is 0 Å². The highest BCUT2D eigenvalue weighted by molar-refractivity contribution is 5.99. The molecule has 3 aromatic rings. The van der Waals surface area contributed by atoms with E-state index in [0.717, 1.165) is 36.9 Å². The maximum absolute atomic E-state index is 13.3. The van der Waals surface area contributed by atoms with Crippen LogP contribution in [0.15, 0.2) is 71.9 Å². The Morgan fingerprint density at radius 1 is 0.861 bits per heavy atom. The van der Waals surface area contributed by atoms with Crippen LogP contribution in [-0.4, -0.2) is 34.0 Å². The summed E-state index contributed by atoms with van der Waals surface area (Å²) in [7, 11) is 0. The SMILES string of the molecule is O=C(NCCc1ccccc1)c1cn(Cc2ccccn2)cc(C(=O)NC2CCCCCCC2)c1=O. The zero-order chi connectivity index (χ0) is 25.2. The van der Waals surface area contributed by atoms with Crippen LogP contribution in [0.3, 0.4) is 0 Å². The molecule has 0 aliphatic heterocycles. The molecule has 1 aromatic carbocycles. The second kappa shape index (κ2) is 12.8. The summed E-state index contributed by atoms with van der Waals surface area (Å²) in [5, 5.41) is 5.91. The first-order valence-electron chi connectivity index (χ1n) is 12.9. The van der Waals surface area contributed by atoms with Gasteiger partial charge in [0.25, 0.3) is 11.8 Å². The van der Waals surface area contributed by atoms with Crippen LogP contribution >= 0.6 is 0 Å². The summed E-state index contributed by atoms with van der Waals surface area (Å²) in [6, 6.07) is 15.4. The number of carbonyl (C=O) groups excluding carboxylic acids is 2. The lowest BCUT2D eigenvalue weighted by Gasteiger charge is -2.21. The number of amides is 2. The number of nitrogens with one attached hydrogen (secondary N) is 2. The van der Waals surface area contributed by atoms with Gasteiger partial charge < -0.3 is 15.2 Å². The molecule has 36 heavy (non-hydrogen) atoms. The minimum Gasteiger partial charge on any atom is -0.352 e. The molecule has 2 amide bonds. The Morgan fingerprint density at radius 2 is 1.53 bits per heavy atom. The number of aromatic nitrogens is 2. The smallest absolute Gasteiger partial charge is 0.256 e. The predicted molar refractivity (Wildman–Crippen MR) is 140 cm³/mol. The van der Waals surface area contributed by atoms with Gasteiger partial charge in [-0.3, -0.25) is 19.4 Å². The van der Waals surface area contributed by atoms with E-state index in [-0.39, 0.29) is 17.2 Å². The minimum atomic E-state index is -0.548. The third-order valence-electron chi connectivity index (χ3n) is 6.62. The Kier molecular flexibility index (Phi) is 9.03. The van der Waals surface area contributed by atoms with Crippen molar-refractivity contribution in [2.24, 2.45) is 0 Å². The molecule has 1 aliphatic carbocycles. The van der Waals surface area contributed by atoms with E-state index < -0.39 is 17.2 Å². The van der Waals surface area contributed by atoms with Gasteiger partial charge in [0.1, 0.15) is 11.1 Å². The van der Waals surface area contributed by atoms with E-state index in [1.165, 1.54) is 31.7 Å². The normalized spacial score (nSPS) is 14.4. The van der Waals surface area contributed by atoms with Gasteiger partial charge in [0.2, 0.25) is 5.43 Å². The number of carbonyl (C=O) groups is 2. The Morgan fingerprint density at radius 3 is 2.22 bits per heavy atom. The summed E-state index contributed by atoms with van der Waals surface area (Å²) >= 11 is 0. The first kappa shape index (κ1) is 25.4. The molecule has 1 fully saturated rings. The number of pyridine rings is 2. The molecule has 0 saturated heterocycles. The number of benzene rings is 1. The van der Waals surface area contributed by atoms with E-state index in [9.17, 15) is 14.4 Å². The first-order chi connectivity index (χ1) is 17.6. The molecule has 1 saturated carbocycles. The summed E-state index contributed by atoms with van der Waals surface area (Å²) in [6.07, 6.45) is 12.9. The molecular weight excluding hydrogens is 452 g/mol. The van der Waals surface area contributed by atoms with Crippen molar-refractivity contribution in [3.05, 3.63) is 99.7 Å². The van der Waals surface area contributed by atoms with Crippen molar-refractivity contribution in [1.82, 2.24) is 20.2 Å². The third-order valence-corrected chi connectivity index (χ3v) is 6.62. The van der Waals surface area contributed by atoms with E-state index in [2.05, 4.69) is 15.6 Å². The molecule has 7 heteroatoms. The molecule has 0 unspecified atom stereocenters. The molecule has 0 radical (unpaired) electrons. The Hall–Kier alpha value is -3.74. The molecule has 0 atom stereocenters. The molecule has 2 N–H and O–H groups in total. The maximum atomic E-state index is 13.3. The fourth-order valence-corrected chi connectivity index (χ4v) is 4.65. The highest BCUT2D eigenvalue weighted by atomic mass is 16.2. The van der Waals surface area contributed by atoms with Crippen LogP contribution in [-0.2, 0) is 13.0 Å². The van der Waals surface area contributed by atoms with Gasteiger partial charge in [-0.1, -0.05) is 68.5 Å². The van der Waals surface area contributed by atoms with Gasteiger partial charge in [-0.15, -0.1) is 0 Å².